The summed E-state index contributed by atoms with van der Waals surface area (Å²) in [7, 11) is 1.85. The van der Waals surface area contributed by atoms with Crippen molar-refractivity contribution >= 4 is 29.1 Å². The predicted octanol–water partition coefficient (Wildman–Crippen LogP) is 2.38. The zero-order valence-corrected chi connectivity index (χ0v) is 15.2. The molecule has 1 unspecified atom stereocenters. The van der Waals surface area contributed by atoms with Gasteiger partial charge in [-0.1, -0.05) is 11.6 Å². The van der Waals surface area contributed by atoms with E-state index in [2.05, 4.69) is 4.98 Å². The van der Waals surface area contributed by atoms with Gasteiger partial charge in [-0.25, -0.2) is 4.98 Å². The molecule has 0 radical (unpaired) electrons. The lowest BCUT2D eigenvalue weighted by Gasteiger charge is -2.37. The van der Waals surface area contributed by atoms with Gasteiger partial charge in [-0.05, 0) is 38.3 Å². The van der Waals surface area contributed by atoms with E-state index in [1.165, 1.54) is 0 Å². The van der Waals surface area contributed by atoms with E-state index in [9.17, 15) is 9.59 Å². The van der Waals surface area contributed by atoms with Gasteiger partial charge < -0.3 is 9.80 Å². The largest absolute Gasteiger partial charge is 0.345 e. The second-order valence-corrected chi connectivity index (χ2v) is 7.65. The molecular formula is C18H21ClN4O2. The molecule has 0 aliphatic carbocycles. The molecule has 4 rings (SSSR count). The van der Waals surface area contributed by atoms with Crippen molar-refractivity contribution in [3.63, 3.8) is 0 Å². The van der Waals surface area contributed by atoms with E-state index in [1.54, 1.807) is 32.5 Å². The number of rotatable bonds is 1. The standard InChI is InChI=1S/C18H21ClN4O2/c1-12-15(23-10-13(19)4-5-14(23)20-12)16(24)22-9-7-18(11-22)6-3-8-21(2)17(18)25/h4-5,10H,3,6-9,11H2,1-2H3. The van der Waals surface area contributed by atoms with Gasteiger partial charge in [0.15, 0.2) is 0 Å². The molecule has 0 aromatic carbocycles. The van der Waals surface area contributed by atoms with Crippen molar-refractivity contribution in [1.82, 2.24) is 19.2 Å². The summed E-state index contributed by atoms with van der Waals surface area (Å²) in [6.45, 7) is 3.73. The average Bonchev–Trinajstić information content (AvgIpc) is 3.13. The van der Waals surface area contributed by atoms with Crippen LogP contribution in [0.2, 0.25) is 5.02 Å². The molecule has 2 saturated heterocycles. The van der Waals surface area contributed by atoms with Gasteiger partial charge >= 0.3 is 0 Å². The number of amides is 2. The molecule has 0 saturated carbocycles. The van der Waals surface area contributed by atoms with Gasteiger partial charge in [0.25, 0.3) is 5.91 Å². The molecule has 1 atom stereocenters. The highest BCUT2D eigenvalue weighted by Gasteiger charge is 2.49. The number of carbonyl (C=O) groups excluding carboxylic acids is 2. The normalized spacial score (nSPS) is 23.9. The van der Waals surface area contributed by atoms with Gasteiger partial charge in [-0.3, -0.25) is 14.0 Å². The number of hydrogen-bond acceptors (Lipinski definition) is 3. The summed E-state index contributed by atoms with van der Waals surface area (Å²) in [5, 5.41) is 0.556. The van der Waals surface area contributed by atoms with Crippen molar-refractivity contribution < 1.29 is 9.59 Å². The molecule has 2 fully saturated rings. The van der Waals surface area contributed by atoms with E-state index in [-0.39, 0.29) is 11.8 Å². The van der Waals surface area contributed by atoms with E-state index >= 15 is 0 Å². The average molecular weight is 361 g/mol. The molecule has 2 amide bonds. The Morgan fingerprint density at radius 1 is 1.28 bits per heavy atom. The van der Waals surface area contributed by atoms with Crippen LogP contribution in [0.3, 0.4) is 0 Å². The monoisotopic (exact) mass is 360 g/mol. The highest BCUT2D eigenvalue weighted by atomic mass is 35.5. The molecule has 4 heterocycles. The summed E-state index contributed by atoms with van der Waals surface area (Å²) < 4.78 is 1.75. The minimum atomic E-state index is -0.408. The number of nitrogens with zero attached hydrogens (tertiary/aromatic N) is 4. The summed E-state index contributed by atoms with van der Waals surface area (Å²) in [5.41, 5.74) is 1.51. The summed E-state index contributed by atoms with van der Waals surface area (Å²) in [6.07, 6.45) is 4.31. The molecule has 0 bridgehead atoms. The first kappa shape index (κ1) is 16.4. The van der Waals surface area contributed by atoms with Crippen LogP contribution in [0.5, 0.6) is 0 Å². The SMILES string of the molecule is Cc1nc2ccc(Cl)cn2c1C(=O)N1CCC2(CCCN(C)C2=O)C1. The number of pyridine rings is 1. The first-order chi connectivity index (χ1) is 11.9. The fourth-order valence-corrected chi connectivity index (χ4v) is 4.40. The van der Waals surface area contributed by atoms with Crippen LogP contribution >= 0.6 is 11.6 Å². The molecule has 2 aliphatic rings. The first-order valence-electron chi connectivity index (χ1n) is 8.60. The van der Waals surface area contributed by atoms with E-state index in [0.29, 0.717) is 35.1 Å². The topological polar surface area (TPSA) is 57.9 Å². The summed E-state index contributed by atoms with van der Waals surface area (Å²) in [4.78, 5) is 33.9. The molecule has 25 heavy (non-hydrogen) atoms. The van der Waals surface area contributed by atoms with E-state index < -0.39 is 5.41 Å². The number of aryl methyl sites for hydroxylation is 1. The lowest BCUT2D eigenvalue weighted by molar-refractivity contribution is -0.143. The van der Waals surface area contributed by atoms with Crippen LogP contribution in [0.4, 0.5) is 0 Å². The predicted molar refractivity (Wildman–Crippen MR) is 94.8 cm³/mol. The smallest absolute Gasteiger partial charge is 0.272 e. The van der Waals surface area contributed by atoms with Gasteiger partial charge in [0.1, 0.15) is 11.3 Å². The maximum atomic E-state index is 13.2. The molecule has 1 spiro atoms. The minimum Gasteiger partial charge on any atom is -0.345 e. The Balaban J connectivity index is 1.66. The molecule has 0 N–H and O–H groups in total. The van der Waals surface area contributed by atoms with Crippen molar-refractivity contribution in [3.05, 3.63) is 34.7 Å². The van der Waals surface area contributed by atoms with Gasteiger partial charge in [-0.15, -0.1) is 0 Å². The van der Waals surface area contributed by atoms with Gasteiger partial charge in [-0.2, -0.15) is 0 Å². The third-order valence-corrected chi connectivity index (χ3v) is 5.77. The highest BCUT2D eigenvalue weighted by Crippen LogP contribution is 2.40. The number of fused-ring (bicyclic) bond motifs is 1. The van der Waals surface area contributed by atoms with Crippen molar-refractivity contribution in [3.8, 4) is 0 Å². The zero-order chi connectivity index (χ0) is 17.8. The van der Waals surface area contributed by atoms with Gasteiger partial charge in [0.2, 0.25) is 5.91 Å². The number of likely N-dealkylation sites (tertiary alicyclic amines) is 2. The van der Waals surface area contributed by atoms with E-state index in [4.69, 9.17) is 11.6 Å². The van der Waals surface area contributed by atoms with Crippen molar-refractivity contribution in [2.24, 2.45) is 5.41 Å². The Hall–Kier alpha value is -2.08. The Kier molecular flexibility index (Phi) is 3.76. The summed E-state index contributed by atoms with van der Waals surface area (Å²) in [6, 6.07) is 3.57. The first-order valence-corrected chi connectivity index (χ1v) is 8.98. The van der Waals surface area contributed by atoms with Crippen molar-refractivity contribution in [2.75, 3.05) is 26.7 Å². The Morgan fingerprint density at radius 2 is 2.08 bits per heavy atom. The van der Waals surface area contributed by atoms with Crippen molar-refractivity contribution in [2.45, 2.75) is 26.2 Å². The quantitative estimate of drug-likeness (QED) is 0.784. The molecule has 2 aromatic heterocycles. The molecule has 7 heteroatoms. The second kappa shape index (κ2) is 5.73. The fourth-order valence-electron chi connectivity index (χ4n) is 4.24. The van der Waals surface area contributed by atoms with Crippen LogP contribution in [-0.4, -0.2) is 57.7 Å². The highest BCUT2D eigenvalue weighted by molar-refractivity contribution is 6.30. The third kappa shape index (κ3) is 2.51. The number of hydrogen-bond donors (Lipinski definition) is 0. The van der Waals surface area contributed by atoms with Crippen LogP contribution in [0.1, 0.15) is 35.4 Å². The summed E-state index contributed by atoms with van der Waals surface area (Å²) in [5.74, 6) is 0.0946. The van der Waals surface area contributed by atoms with Gasteiger partial charge in [0, 0.05) is 32.9 Å². The molecule has 2 aromatic rings. The summed E-state index contributed by atoms with van der Waals surface area (Å²) >= 11 is 6.09. The fraction of sp³-hybridized carbons (Fsp3) is 0.500. The number of aromatic nitrogens is 2. The Labute approximate surface area is 151 Å². The van der Waals surface area contributed by atoms with E-state index in [1.807, 2.05) is 14.0 Å². The molecule has 132 valence electrons. The maximum absolute atomic E-state index is 13.2. The van der Waals surface area contributed by atoms with Gasteiger partial charge in [0.05, 0.1) is 16.1 Å². The van der Waals surface area contributed by atoms with Crippen LogP contribution in [0.25, 0.3) is 5.65 Å². The van der Waals surface area contributed by atoms with Crippen LogP contribution in [-0.2, 0) is 4.79 Å². The second-order valence-electron chi connectivity index (χ2n) is 7.21. The lowest BCUT2D eigenvalue weighted by Crippen LogP contribution is -2.48. The van der Waals surface area contributed by atoms with Crippen molar-refractivity contribution in [1.29, 1.82) is 0 Å². The number of piperidine rings is 1. The maximum Gasteiger partial charge on any atom is 0.272 e. The molecule has 2 aliphatic heterocycles. The molecular weight excluding hydrogens is 340 g/mol. The zero-order valence-electron chi connectivity index (χ0n) is 14.5. The number of imidazole rings is 1. The minimum absolute atomic E-state index is 0.0785. The van der Waals surface area contributed by atoms with Crippen LogP contribution < -0.4 is 0 Å². The number of halogens is 1. The lowest BCUT2D eigenvalue weighted by atomic mass is 9.78. The van der Waals surface area contributed by atoms with E-state index in [0.717, 1.165) is 25.8 Å². The number of carbonyl (C=O) groups is 2. The molecule has 6 nitrogen and oxygen atoms in total. The third-order valence-electron chi connectivity index (χ3n) is 5.55. The Morgan fingerprint density at radius 3 is 2.88 bits per heavy atom. The van der Waals surface area contributed by atoms with Crippen LogP contribution in [0.15, 0.2) is 18.3 Å². The Bertz CT molecular complexity index is 877. The van der Waals surface area contributed by atoms with Crippen LogP contribution in [0, 0.1) is 12.3 Å².